The van der Waals surface area contributed by atoms with Gasteiger partial charge in [-0.05, 0) is 69.6 Å². The van der Waals surface area contributed by atoms with Gasteiger partial charge in [0.2, 0.25) is 5.91 Å². The molecular formula is C45H68BrN7O16. The Kier molecular flexibility index (Phi) is 27.9. The molecular weight excluding hydrogens is 974 g/mol. The van der Waals surface area contributed by atoms with Gasteiger partial charge < -0.3 is 46.2 Å². The van der Waals surface area contributed by atoms with Gasteiger partial charge in [0, 0.05) is 95.6 Å². The summed E-state index contributed by atoms with van der Waals surface area (Å²) in [6, 6.07) is 2.91. The van der Waals surface area contributed by atoms with Crippen molar-refractivity contribution in [2.24, 2.45) is 0 Å². The lowest BCUT2D eigenvalue weighted by Crippen LogP contribution is -2.51. The maximum absolute atomic E-state index is 13.5. The molecule has 0 saturated carbocycles. The van der Waals surface area contributed by atoms with Crippen molar-refractivity contribution in [2.75, 3.05) is 78.5 Å². The van der Waals surface area contributed by atoms with Crippen molar-refractivity contribution >= 4 is 75.3 Å². The second kappa shape index (κ2) is 32.3. The number of ketones is 2. The van der Waals surface area contributed by atoms with Crippen LogP contribution in [0.15, 0.2) is 28.7 Å². The topological polar surface area (TPSA) is 332 Å². The van der Waals surface area contributed by atoms with Crippen LogP contribution in [0.1, 0.15) is 89.5 Å². The molecule has 23 nitrogen and oxygen atoms in total. The molecule has 2 rings (SSSR count). The average molecular weight is 1040 g/mol. The lowest BCUT2D eigenvalue weighted by atomic mass is 10.0. The molecule has 0 aromatic heterocycles. The molecule has 1 aromatic carbocycles. The molecule has 0 radical (unpaired) electrons. The predicted molar refractivity (Wildman–Crippen MR) is 250 cm³/mol. The van der Waals surface area contributed by atoms with Crippen molar-refractivity contribution in [1.29, 1.82) is 0 Å². The summed E-state index contributed by atoms with van der Waals surface area (Å²) in [6.07, 6.45) is 1.78. The smallest absolute Gasteiger partial charge is 0.326 e. The lowest BCUT2D eigenvalue weighted by molar-refractivity contribution is -0.145. The third-order valence-corrected chi connectivity index (χ3v) is 12.1. The summed E-state index contributed by atoms with van der Waals surface area (Å²) in [5.41, 5.74) is 0.855. The quantitative estimate of drug-likeness (QED) is 0.0491. The zero-order valence-electron chi connectivity index (χ0n) is 39.1. The third-order valence-electron chi connectivity index (χ3n) is 11.6. The molecule has 3 atom stereocenters. The SMILES string of the molecule is CC(=O)[C@H](CCC(=O)O)NC(=O)N[C@@H](CCCCN(Cc1ccc(Br)cc1)C(=O)CCCCCC(=O)CCC(C(=O)O)N1CCN(CC(=O)O)CCN(CC(=O)O)CCN(CC(=O)O)CC1)C(=O)O. The van der Waals surface area contributed by atoms with Crippen LogP contribution in [0, 0.1) is 0 Å². The number of Topliss-reactive ketones (excluding diaryl/α,β-unsaturated/α-hetero) is 2. The van der Waals surface area contributed by atoms with E-state index >= 15 is 0 Å². The van der Waals surface area contributed by atoms with Gasteiger partial charge in [-0.1, -0.05) is 34.5 Å². The minimum absolute atomic E-state index is 0.00946. The van der Waals surface area contributed by atoms with Gasteiger partial charge in [-0.2, -0.15) is 0 Å². The van der Waals surface area contributed by atoms with Crippen LogP contribution < -0.4 is 10.6 Å². The van der Waals surface area contributed by atoms with Crippen molar-refractivity contribution in [3.05, 3.63) is 34.3 Å². The van der Waals surface area contributed by atoms with E-state index < -0.39 is 65.8 Å². The number of carbonyl (C=O) groups excluding carboxylic acids is 4. The van der Waals surface area contributed by atoms with Crippen LogP contribution in [0.3, 0.4) is 0 Å². The first-order chi connectivity index (χ1) is 32.6. The minimum Gasteiger partial charge on any atom is -0.481 e. The highest BCUT2D eigenvalue weighted by Crippen LogP contribution is 2.17. The van der Waals surface area contributed by atoms with E-state index in [1.54, 1.807) is 24.5 Å². The van der Waals surface area contributed by atoms with Gasteiger partial charge in [0.15, 0.2) is 5.78 Å². The van der Waals surface area contributed by atoms with Crippen LogP contribution >= 0.6 is 15.9 Å². The largest absolute Gasteiger partial charge is 0.481 e. The Morgan fingerprint density at radius 2 is 1.07 bits per heavy atom. The molecule has 69 heavy (non-hydrogen) atoms. The number of aliphatic carboxylic acids is 6. The van der Waals surface area contributed by atoms with Gasteiger partial charge in [0.05, 0.1) is 25.7 Å². The monoisotopic (exact) mass is 1040 g/mol. The molecule has 1 fully saturated rings. The first kappa shape index (κ1) is 59.6. The number of hydrogen-bond acceptors (Lipinski definition) is 14. The fourth-order valence-corrected chi connectivity index (χ4v) is 8.01. The minimum atomic E-state index is -1.32. The van der Waals surface area contributed by atoms with Crippen LogP contribution in [0.25, 0.3) is 0 Å². The van der Waals surface area contributed by atoms with E-state index in [9.17, 15) is 73.5 Å². The zero-order chi connectivity index (χ0) is 51.5. The predicted octanol–water partition coefficient (Wildman–Crippen LogP) is 1.75. The Morgan fingerprint density at radius 1 is 0.565 bits per heavy atom. The van der Waals surface area contributed by atoms with Gasteiger partial charge >= 0.3 is 41.8 Å². The summed E-state index contributed by atoms with van der Waals surface area (Å²) in [5, 5.41) is 62.1. The molecule has 0 spiro atoms. The van der Waals surface area contributed by atoms with E-state index in [1.165, 1.54) is 6.92 Å². The van der Waals surface area contributed by atoms with Crippen LogP contribution in [0.2, 0.25) is 0 Å². The van der Waals surface area contributed by atoms with Gasteiger partial charge in [-0.15, -0.1) is 0 Å². The van der Waals surface area contributed by atoms with Crippen molar-refractivity contribution in [2.45, 2.75) is 109 Å². The van der Waals surface area contributed by atoms with Gasteiger partial charge in [-0.3, -0.25) is 58.0 Å². The van der Waals surface area contributed by atoms with E-state index in [4.69, 9.17) is 5.11 Å². The molecule has 8 N–H and O–H groups in total. The van der Waals surface area contributed by atoms with Crippen LogP contribution in [0.5, 0.6) is 0 Å². The third kappa shape index (κ3) is 26.1. The Labute approximate surface area is 409 Å². The first-order valence-corrected chi connectivity index (χ1v) is 23.8. The highest BCUT2D eigenvalue weighted by Gasteiger charge is 2.29. The second-order valence-corrected chi connectivity index (χ2v) is 18.0. The molecule has 1 saturated heterocycles. The van der Waals surface area contributed by atoms with Crippen LogP contribution in [-0.2, 0) is 49.7 Å². The number of unbranched alkanes of at least 4 members (excludes halogenated alkanes) is 3. The molecule has 1 unspecified atom stereocenters. The van der Waals surface area contributed by atoms with Crippen molar-refractivity contribution in [3.63, 3.8) is 0 Å². The number of benzene rings is 1. The molecule has 3 amide bonds. The van der Waals surface area contributed by atoms with Crippen LogP contribution in [-0.4, -0.2) is 211 Å². The van der Waals surface area contributed by atoms with Crippen molar-refractivity contribution in [1.82, 2.24) is 35.1 Å². The van der Waals surface area contributed by atoms with Gasteiger partial charge in [-0.25, -0.2) is 9.59 Å². The average Bonchev–Trinajstić information content (AvgIpc) is 3.25. The number of hydrogen-bond donors (Lipinski definition) is 8. The molecule has 1 aliphatic rings. The highest BCUT2D eigenvalue weighted by molar-refractivity contribution is 9.10. The number of rotatable bonds is 31. The maximum atomic E-state index is 13.5. The normalized spacial score (nSPS) is 15.9. The number of carboxylic acid groups (broad SMARTS) is 6. The summed E-state index contributed by atoms with van der Waals surface area (Å²) in [4.78, 5) is 129. The molecule has 1 aliphatic heterocycles. The molecule has 1 heterocycles. The number of nitrogens with one attached hydrogen (secondary N) is 2. The van der Waals surface area contributed by atoms with Crippen LogP contribution in [0.4, 0.5) is 4.79 Å². The van der Waals surface area contributed by atoms with Crippen molar-refractivity contribution < 1.29 is 78.6 Å². The summed E-state index contributed by atoms with van der Waals surface area (Å²) in [7, 11) is 0. The second-order valence-electron chi connectivity index (χ2n) is 17.1. The number of carboxylic acids is 6. The maximum Gasteiger partial charge on any atom is 0.326 e. The van der Waals surface area contributed by atoms with E-state index in [0.717, 1.165) is 10.0 Å². The molecule has 24 heteroatoms. The molecule has 386 valence electrons. The summed E-state index contributed by atoms with van der Waals surface area (Å²) >= 11 is 3.40. The number of nitrogens with zero attached hydrogens (tertiary/aromatic N) is 5. The Bertz CT molecular complexity index is 1860. The molecule has 0 bridgehead atoms. The van der Waals surface area contributed by atoms with Gasteiger partial charge in [0.1, 0.15) is 17.9 Å². The van der Waals surface area contributed by atoms with Gasteiger partial charge in [0.25, 0.3) is 0 Å². The molecule has 0 aliphatic carbocycles. The first-order valence-electron chi connectivity index (χ1n) is 23.0. The number of halogens is 1. The zero-order valence-corrected chi connectivity index (χ0v) is 40.7. The Hall–Kier alpha value is -5.56. The number of carbonyl (C=O) groups is 10. The molecule has 1 aromatic rings. The Morgan fingerprint density at radius 3 is 1.55 bits per heavy atom. The standard InChI is InChI=1S/C45H68BrN7O16/c1-31(54)35(15-17-39(57)58)47-45(69)48-36(43(65)66)8-5-6-18-53(27-32-10-12-33(46)13-11-32)38(56)9-4-2-3-7-34(55)14-16-37(44(67)68)52-25-23-50(29-41(61)62)21-19-49(28-40(59)60)20-22-51(24-26-52)30-42(63)64/h10-13,35-37H,2-9,14-30H2,1H3,(H,57,58)(H,59,60)(H,61,62)(H,63,64)(H,65,66)(H,67,68)(H2,47,48,69)/t35-,36-,37?/m0/s1. The number of amides is 3. The Balaban J connectivity index is 1.99. The van der Waals surface area contributed by atoms with E-state index in [1.807, 2.05) is 24.3 Å². The summed E-state index contributed by atoms with van der Waals surface area (Å²) in [5.74, 6) is -7.81. The lowest BCUT2D eigenvalue weighted by Gasteiger charge is -2.35. The van der Waals surface area contributed by atoms with E-state index in [2.05, 4.69) is 26.6 Å². The summed E-state index contributed by atoms with van der Waals surface area (Å²) < 4.78 is 0.848. The summed E-state index contributed by atoms with van der Waals surface area (Å²) in [6.45, 7) is 1.79. The van der Waals surface area contributed by atoms with Crippen molar-refractivity contribution in [3.8, 4) is 0 Å². The fraction of sp³-hybridized carbons (Fsp3) is 0.644. The van der Waals surface area contributed by atoms with E-state index in [0.29, 0.717) is 32.1 Å². The fourth-order valence-electron chi connectivity index (χ4n) is 7.74. The number of urea groups is 1. The highest BCUT2D eigenvalue weighted by atomic mass is 79.9. The van der Waals surface area contributed by atoms with E-state index in [-0.39, 0.29) is 142 Å².